The van der Waals surface area contributed by atoms with Crippen molar-refractivity contribution in [3.05, 3.63) is 64.2 Å². The summed E-state index contributed by atoms with van der Waals surface area (Å²) in [6, 6.07) is 11.8. The van der Waals surface area contributed by atoms with E-state index >= 15 is 0 Å². The third-order valence-corrected chi connectivity index (χ3v) is 4.80. The summed E-state index contributed by atoms with van der Waals surface area (Å²) in [6.07, 6.45) is 2.01. The Morgan fingerprint density at radius 3 is 2.64 bits per heavy atom. The largest absolute Gasteiger partial charge is 0.465 e. The minimum absolute atomic E-state index is 0.129. The first kappa shape index (κ1) is 17.2. The van der Waals surface area contributed by atoms with Gasteiger partial charge in [0.05, 0.1) is 12.7 Å². The Balaban J connectivity index is 1.70. The molecule has 1 aliphatic heterocycles. The summed E-state index contributed by atoms with van der Waals surface area (Å²) in [5, 5.41) is 0. The molecule has 0 bridgehead atoms. The standard InChI is InChI=1S/C21H23NO3/c1-14-4-5-16(15(2)12-14)7-9-20(23)22-11-10-17-13-18(21(24)25-3)6-8-19(17)22/h4-6,8,12-13H,7,9-11H2,1-3H3. The highest BCUT2D eigenvalue weighted by molar-refractivity contribution is 5.97. The molecule has 0 saturated carbocycles. The van der Waals surface area contributed by atoms with Gasteiger partial charge in [-0.15, -0.1) is 0 Å². The maximum Gasteiger partial charge on any atom is 0.337 e. The number of hydrogen-bond donors (Lipinski definition) is 0. The van der Waals surface area contributed by atoms with Crippen molar-refractivity contribution in [2.75, 3.05) is 18.6 Å². The second-order valence-electron chi connectivity index (χ2n) is 6.56. The van der Waals surface area contributed by atoms with Gasteiger partial charge in [0.25, 0.3) is 0 Å². The van der Waals surface area contributed by atoms with Gasteiger partial charge in [0, 0.05) is 18.7 Å². The molecule has 0 radical (unpaired) electrons. The van der Waals surface area contributed by atoms with Crippen LogP contribution in [0.1, 0.15) is 39.0 Å². The molecule has 25 heavy (non-hydrogen) atoms. The number of benzene rings is 2. The minimum atomic E-state index is -0.345. The van der Waals surface area contributed by atoms with E-state index < -0.39 is 0 Å². The third-order valence-electron chi connectivity index (χ3n) is 4.80. The molecule has 1 aliphatic rings. The van der Waals surface area contributed by atoms with Gasteiger partial charge in [-0.3, -0.25) is 4.79 Å². The summed E-state index contributed by atoms with van der Waals surface area (Å²) in [7, 11) is 1.37. The lowest BCUT2D eigenvalue weighted by Crippen LogP contribution is -2.29. The number of hydrogen-bond acceptors (Lipinski definition) is 3. The van der Waals surface area contributed by atoms with Gasteiger partial charge in [0.15, 0.2) is 0 Å². The zero-order chi connectivity index (χ0) is 18.0. The number of esters is 1. The molecule has 4 heteroatoms. The van der Waals surface area contributed by atoms with Gasteiger partial charge in [0.2, 0.25) is 5.91 Å². The van der Waals surface area contributed by atoms with E-state index in [1.54, 1.807) is 6.07 Å². The van der Waals surface area contributed by atoms with Crippen LogP contribution in [0.3, 0.4) is 0 Å². The van der Waals surface area contributed by atoms with Crippen LogP contribution in [0.25, 0.3) is 0 Å². The molecule has 1 amide bonds. The number of nitrogens with zero attached hydrogens (tertiary/aromatic N) is 1. The third kappa shape index (κ3) is 3.58. The molecule has 1 heterocycles. The Labute approximate surface area is 148 Å². The monoisotopic (exact) mass is 337 g/mol. The maximum absolute atomic E-state index is 12.7. The predicted octanol–water partition coefficient (Wildman–Crippen LogP) is 3.61. The van der Waals surface area contributed by atoms with Gasteiger partial charge in [-0.2, -0.15) is 0 Å². The van der Waals surface area contributed by atoms with E-state index in [4.69, 9.17) is 4.74 Å². The highest BCUT2D eigenvalue weighted by Crippen LogP contribution is 2.30. The van der Waals surface area contributed by atoms with Crippen molar-refractivity contribution >= 4 is 17.6 Å². The van der Waals surface area contributed by atoms with Crippen molar-refractivity contribution in [2.24, 2.45) is 0 Å². The Hall–Kier alpha value is -2.62. The summed E-state index contributed by atoms with van der Waals surface area (Å²) >= 11 is 0. The first-order valence-electron chi connectivity index (χ1n) is 8.57. The minimum Gasteiger partial charge on any atom is -0.465 e. The van der Waals surface area contributed by atoms with Gasteiger partial charge >= 0.3 is 5.97 Å². The Morgan fingerprint density at radius 1 is 1.12 bits per heavy atom. The summed E-state index contributed by atoms with van der Waals surface area (Å²) in [4.78, 5) is 26.1. The fourth-order valence-corrected chi connectivity index (χ4v) is 3.41. The van der Waals surface area contributed by atoms with Crippen LogP contribution in [0.15, 0.2) is 36.4 Å². The molecule has 0 atom stereocenters. The van der Waals surface area contributed by atoms with Crippen LogP contribution in [0, 0.1) is 13.8 Å². The van der Waals surface area contributed by atoms with Gasteiger partial charge in [-0.1, -0.05) is 23.8 Å². The molecule has 2 aromatic carbocycles. The van der Waals surface area contributed by atoms with E-state index in [-0.39, 0.29) is 11.9 Å². The zero-order valence-electron chi connectivity index (χ0n) is 15.0. The second kappa shape index (κ2) is 7.09. The fraction of sp³-hybridized carbons (Fsp3) is 0.333. The van der Waals surface area contributed by atoms with Crippen molar-refractivity contribution in [3.63, 3.8) is 0 Å². The molecule has 2 aromatic rings. The van der Waals surface area contributed by atoms with E-state index in [1.165, 1.54) is 23.8 Å². The average Bonchev–Trinajstić information content (AvgIpc) is 3.03. The molecular formula is C21H23NO3. The average molecular weight is 337 g/mol. The highest BCUT2D eigenvalue weighted by Gasteiger charge is 2.25. The van der Waals surface area contributed by atoms with Gasteiger partial charge in [-0.25, -0.2) is 4.79 Å². The van der Waals surface area contributed by atoms with Gasteiger partial charge in [-0.05, 0) is 61.6 Å². The van der Waals surface area contributed by atoms with Crippen LogP contribution >= 0.6 is 0 Å². The van der Waals surface area contributed by atoms with Crippen LogP contribution in [0.5, 0.6) is 0 Å². The molecule has 4 nitrogen and oxygen atoms in total. The number of anilines is 1. The predicted molar refractivity (Wildman–Crippen MR) is 98.1 cm³/mol. The quantitative estimate of drug-likeness (QED) is 0.801. The first-order valence-corrected chi connectivity index (χ1v) is 8.57. The van der Waals surface area contributed by atoms with Crippen molar-refractivity contribution in [2.45, 2.75) is 33.1 Å². The molecule has 0 fully saturated rings. The SMILES string of the molecule is COC(=O)c1ccc2c(c1)CCN2C(=O)CCc1ccc(C)cc1C. The molecule has 0 aromatic heterocycles. The number of rotatable bonds is 4. The normalized spacial score (nSPS) is 12.8. The summed E-state index contributed by atoms with van der Waals surface area (Å²) in [6.45, 7) is 4.84. The molecule has 0 unspecified atom stereocenters. The molecule has 0 aliphatic carbocycles. The van der Waals surface area contributed by atoms with Crippen LogP contribution in [0.4, 0.5) is 5.69 Å². The number of carbonyl (C=O) groups excluding carboxylic acids is 2. The van der Waals surface area contributed by atoms with Gasteiger partial charge in [0.1, 0.15) is 0 Å². The Kier molecular flexibility index (Phi) is 4.88. The van der Waals surface area contributed by atoms with Crippen LogP contribution in [0.2, 0.25) is 0 Å². The number of aryl methyl sites for hydroxylation is 3. The molecule has 0 spiro atoms. The first-order chi connectivity index (χ1) is 12.0. The van der Waals surface area contributed by atoms with E-state index in [9.17, 15) is 9.59 Å². The van der Waals surface area contributed by atoms with Crippen LogP contribution in [-0.4, -0.2) is 25.5 Å². The summed E-state index contributed by atoms with van der Waals surface area (Å²) in [5.41, 5.74) is 6.17. The molecular weight excluding hydrogens is 314 g/mol. The summed E-state index contributed by atoms with van der Waals surface area (Å²) < 4.78 is 4.76. The lowest BCUT2D eigenvalue weighted by Gasteiger charge is -2.18. The smallest absolute Gasteiger partial charge is 0.337 e. The van der Waals surface area contributed by atoms with E-state index in [0.29, 0.717) is 18.5 Å². The fourth-order valence-electron chi connectivity index (χ4n) is 3.41. The van der Waals surface area contributed by atoms with E-state index in [0.717, 1.165) is 24.1 Å². The van der Waals surface area contributed by atoms with Crippen LogP contribution in [-0.2, 0) is 22.4 Å². The highest BCUT2D eigenvalue weighted by atomic mass is 16.5. The number of methoxy groups -OCH3 is 1. The van der Waals surface area contributed by atoms with Crippen molar-refractivity contribution in [3.8, 4) is 0 Å². The van der Waals surface area contributed by atoms with E-state index in [1.807, 2.05) is 17.0 Å². The molecule has 3 rings (SSSR count). The molecule has 130 valence electrons. The Morgan fingerprint density at radius 2 is 1.92 bits per heavy atom. The Bertz CT molecular complexity index is 826. The lowest BCUT2D eigenvalue weighted by atomic mass is 10.0. The molecule has 0 N–H and O–H groups in total. The number of amides is 1. The number of carbonyl (C=O) groups is 2. The topological polar surface area (TPSA) is 46.6 Å². The van der Waals surface area contributed by atoms with E-state index in [2.05, 4.69) is 32.0 Å². The molecule has 0 saturated heterocycles. The van der Waals surface area contributed by atoms with Crippen molar-refractivity contribution in [1.29, 1.82) is 0 Å². The van der Waals surface area contributed by atoms with Gasteiger partial charge < -0.3 is 9.64 Å². The lowest BCUT2D eigenvalue weighted by molar-refractivity contribution is -0.118. The maximum atomic E-state index is 12.7. The second-order valence-corrected chi connectivity index (χ2v) is 6.56. The summed E-state index contributed by atoms with van der Waals surface area (Å²) in [5.74, 6) is -0.216. The van der Waals surface area contributed by atoms with Crippen LogP contribution < -0.4 is 4.90 Å². The van der Waals surface area contributed by atoms with Crippen molar-refractivity contribution < 1.29 is 14.3 Å². The zero-order valence-corrected chi connectivity index (χ0v) is 15.0. The number of fused-ring (bicyclic) bond motifs is 1. The number of ether oxygens (including phenoxy) is 1. The van der Waals surface area contributed by atoms with Crippen molar-refractivity contribution in [1.82, 2.24) is 0 Å².